The second-order valence-corrected chi connectivity index (χ2v) is 6.58. The van der Waals surface area contributed by atoms with Gasteiger partial charge in [-0.2, -0.15) is 5.26 Å². The second kappa shape index (κ2) is 7.00. The van der Waals surface area contributed by atoms with Crippen molar-refractivity contribution < 1.29 is 23.8 Å². The summed E-state index contributed by atoms with van der Waals surface area (Å²) in [5.41, 5.74) is -2.56. The van der Waals surface area contributed by atoms with Gasteiger partial charge < -0.3 is 14.2 Å². The number of nitrogens with zero attached hydrogens (tertiary/aromatic N) is 2. The fourth-order valence-electron chi connectivity index (χ4n) is 2.57. The zero-order chi connectivity index (χ0) is 19.5. The van der Waals surface area contributed by atoms with Gasteiger partial charge in [0.2, 0.25) is 5.90 Å². The minimum atomic E-state index is -1.86. The monoisotopic (exact) mass is 356 g/mol. The third-order valence-electron chi connectivity index (χ3n) is 3.62. The molecule has 1 aromatic rings. The van der Waals surface area contributed by atoms with Crippen molar-refractivity contribution in [2.75, 3.05) is 14.2 Å². The normalized spacial score (nSPS) is 21.2. The first-order valence-electron chi connectivity index (χ1n) is 7.87. The van der Waals surface area contributed by atoms with Crippen LogP contribution < -0.4 is 0 Å². The van der Waals surface area contributed by atoms with E-state index in [1.165, 1.54) is 7.11 Å². The summed E-state index contributed by atoms with van der Waals surface area (Å²) in [6, 6.07) is 10.4. The minimum absolute atomic E-state index is 0.129. The number of benzene rings is 1. The van der Waals surface area contributed by atoms with E-state index in [0.29, 0.717) is 5.56 Å². The molecule has 0 bridgehead atoms. The van der Waals surface area contributed by atoms with E-state index in [1.54, 1.807) is 51.1 Å². The summed E-state index contributed by atoms with van der Waals surface area (Å²) < 4.78 is 15.5. The summed E-state index contributed by atoms with van der Waals surface area (Å²) in [6.45, 7) is 5.39. The van der Waals surface area contributed by atoms with Crippen molar-refractivity contribution in [2.45, 2.75) is 31.9 Å². The van der Waals surface area contributed by atoms with Gasteiger partial charge in [0, 0.05) is 5.56 Å². The summed E-state index contributed by atoms with van der Waals surface area (Å²) in [6.07, 6.45) is 0. The van der Waals surface area contributed by atoms with Crippen molar-refractivity contribution >= 4 is 17.8 Å². The molecule has 0 N–H and O–H groups in total. The quantitative estimate of drug-likeness (QED) is 0.771. The first-order chi connectivity index (χ1) is 12.2. The molecule has 1 aliphatic rings. The highest BCUT2D eigenvalue weighted by Crippen LogP contribution is 2.43. The molecular weight excluding hydrogens is 336 g/mol. The van der Waals surface area contributed by atoms with Gasteiger partial charge in [0.25, 0.3) is 5.60 Å². The van der Waals surface area contributed by atoms with Crippen LogP contribution in [0.2, 0.25) is 0 Å². The Kier molecular flexibility index (Phi) is 5.17. The lowest BCUT2D eigenvalue weighted by Gasteiger charge is -2.24. The van der Waals surface area contributed by atoms with E-state index in [4.69, 9.17) is 14.2 Å². The number of hydrogen-bond acceptors (Lipinski definition) is 7. The molecule has 0 aromatic heterocycles. The van der Waals surface area contributed by atoms with Gasteiger partial charge in [0.05, 0.1) is 19.8 Å². The predicted octanol–water partition coefficient (Wildman–Crippen LogP) is 2.28. The summed E-state index contributed by atoms with van der Waals surface area (Å²) in [5.74, 6) is -1.83. The molecule has 7 nitrogen and oxygen atoms in total. The van der Waals surface area contributed by atoms with Crippen molar-refractivity contribution in [3.8, 4) is 6.07 Å². The molecule has 1 heterocycles. The van der Waals surface area contributed by atoms with Crippen LogP contribution in [-0.2, 0) is 29.4 Å². The zero-order valence-corrected chi connectivity index (χ0v) is 15.3. The van der Waals surface area contributed by atoms with Crippen LogP contribution in [0.1, 0.15) is 26.3 Å². The minimum Gasteiger partial charge on any atom is -0.465 e. The lowest BCUT2D eigenvalue weighted by Crippen LogP contribution is -2.31. The summed E-state index contributed by atoms with van der Waals surface area (Å²) in [4.78, 5) is 29.3. The number of nitriles is 1. The highest BCUT2D eigenvalue weighted by atomic mass is 16.6. The molecule has 0 aliphatic carbocycles. The van der Waals surface area contributed by atoms with Crippen molar-refractivity contribution in [3.05, 3.63) is 47.0 Å². The van der Waals surface area contributed by atoms with Crippen molar-refractivity contribution in [2.24, 2.45) is 4.99 Å². The average Bonchev–Trinajstić information content (AvgIpc) is 2.94. The maximum absolute atomic E-state index is 12.5. The van der Waals surface area contributed by atoms with E-state index >= 15 is 0 Å². The molecule has 1 atom stereocenters. The molecule has 0 radical (unpaired) electrons. The van der Waals surface area contributed by atoms with Crippen LogP contribution in [0.15, 0.2) is 46.5 Å². The first kappa shape index (κ1) is 19.2. The molecule has 1 aliphatic heterocycles. The molecule has 0 spiro atoms. The van der Waals surface area contributed by atoms with Crippen LogP contribution in [0, 0.1) is 11.3 Å². The van der Waals surface area contributed by atoms with Crippen molar-refractivity contribution in [1.82, 2.24) is 0 Å². The van der Waals surface area contributed by atoms with E-state index in [2.05, 4.69) is 4.99 Å². The molecule has 0 fully saturated rings. The van der Waals surface area contributed by atoms with E-state index in [0.717, 1.165) is 7.11 Å². The Morgan fingerprint density at radius 2 is 1.69 bits per heavy atom. The molecule has 0 saturated heterocycles. The molecule has 2 rings (SSSR count). The van der Waals surface area contributed by atoms with E-state index in [-0.39, 0.29) is 17.0 Å². The van der Waals surface area contributed by atoms with E-state index < -0.39 is 23.1 Å². The Morgan fingerprint density at radius 3 is 2.15 bits per heavy atom. The summed E-state index contributed by atoms with van der Waals surface area (Å²) in [7, 11) is 2.34. The number of carbonyl (C=O) groups is 2. The van der Waals surface area contributed by atoms with Gasteiger partial charge in [0.15, 0.2) is 0 Å². The van der Waals surface area contributed by atoms with E-state index in [9.17, 15) is 14.9 Å². The highest BCUT2D eigenvalue weighted by Gasteiger charge is 2.55. The van der Waals surface area contributed by atoms with Crippen LogP contribution in [0.25, 0.3) is 0 Å². The summed E-state index contributed by atoms with van der Waals surface area (Å²) in [5, 5.41) is 9.95. The number of ether oxygens (including phenoxy) is 3. The maximum atomic E-state index is 12.5. The molecule has 7 heteroatoms. The van der Waals surface area contributed by atoms with Gasteiger partial charge >= 0.3 is 11.9 Å². The standard InChI is InChI=1S/C19H20N2O5/c1-18(2,3)21-15-13(16(22)24-4)14(17(23)25-5)19(11-20,26-15)12-9-7-6-8-10-12/h6-10H,1-5H3. The molecule has 1 aromatic carbocycles. The molecule has 136 valence electrons. The van der Waals surface area contributed by atoms with Crippen LogP contribution in [-0.4, -0.2) is 37.6 Å². The summed E-state index contributed by atoms with van der Waals surface area (Å²) >= 11 is 0. The van der Waals surface area contributed by atoms with Gasteiger partial charge in [-0.05, 0) is 20.8 Å². The number of carbonyl (C=O) groups excluding carboxylic acids is 2. The largest absolute Gasteiger partial charge is 0.465 e. The van der Waals surface area contributed by atoms with Crippen molar-refractivity contribution in [3.63, 3.8) is 0 Å². The molecule has 0 saturated carbocycles. The van der Waals surface area contributed by atoms with Crippen LogP contribution >= 0.6 is 0 Å². The van der Waals surface area contributed by atoms with Gasteiger partial charge in [-0.3, -0.25) is 0 Å². The fraction of sp³-hybridized carbons (Fsp3) is 0.368. The van der Waals surface area contributed by atoms with Crippen LogP contribution in [0.5, 0.6) is 0 Å². The average molecular weight is 356 g/mol. The number of aliphatic imine (C=N–C) groups is 1. The Bertz CT molecular complexity index is 828. The predicted molar refractivity (Wildman–Crippen MR) is 93.1 cm³/mol. The zero-order valence-electron chi connectivity index (χ0n) is 15.3. The molecule has 1 unspecified atom stereocenters. The topological polar surface area (TPSA) is 98.0 Å². The molecule has 0 amide bonds. The SMILES string of the molecule is COC(=O)C1=C(C(=O)OC)C(C#N)(c2ccccc2)OC1=NC(C)(C)C. The van der Waals surface area contributed by atoms with Gasteiger partial charge in [-0.15, -0.1) is 0 Å². The smallest absolute Gasteiger partial charge is 0.344 e. The maximum Gasteiger partial charge on any atom is 0.344 e. The van der Waals surface area contributed by atoms with Gasteiger partial charge in [0.1, 0.15) is 17.2 Å². The van der Waals surface area contributed by atoms with Gasteiger partial charge in [-0.1, -0.05) is 30.3 Å². The molecule has 26 heavy (non-hydrogen) atoms. The first-order valence-corrected chi connectivity index (χ1v) is 7.87. The number of hydrogen-bond donors (Lipinski definition) is 0. The fourth-order valence-corrected chi connectivity index (χ4v) is 2.57. The van der Waals surface area contributed by atoms with Crippen LogP contribution in [0.3, 0.4) is 0 Å². The number of esters is 2. The Balaban J connectivity index is 2.88. The number of methoxy groups -OCH3 is 2. The second-order valence-electron chi connectivity index (χ2n) is 6.58. The third kappa shape index (κ3) is 3.31. The Labute approximate surface area is 151 Å². The lowest BCUT2D eigenvalue weighted by molar-refractivity contribution is -0.139. The number of rotatable bonds is 3. The van der Waals surface area contributed by atoms with E-state index in [1.807, 2.05) is 6.07 Å². The Morgan fingerprint density at radius 1 is 1.12 bits per heavy atom. The van der Waals surface area contributed by atoms with Gasteiger partial charge in [-0.25, -0.2) is 14.6 Å². The highest BCUT2D eigenvalue weighted by molar-refractivity contribution is 6.24. The van der Waals surface area contributed by atoms with Crippen molar-refractivity contribution in [1.29, 1.82) is 5.26 Å². The lowest BCUT2D eigenvalue weighted by atomic mass is 9.86. The Hall–Kier alpha value is -3.14. The molecular formula is C19H20N2O5. The van der Waals surface area contributed by atoms with Crippen LogP contribution in [0.4, 0.5) is 0 Å². The third-order valence-corrected chi connectivity index (χ3v) is 3.62.